The molecule has 2 aromatic heterocycles. The van der Waals surface area contributed by atoms with E-state index in [1.165, 1.54) is 6.07 Å². The largest absolute Gasteiger partial charge is 0.306 e. The molecule has 1 aromatic carbocycles. The van der Waals surface area contributed by atoms with E-state index in [1.807, 2.05) is 56.3 Å². The van der Waals surface area contributed by atoms with Gasteiger partial charge in [0.1, 0.15) is 5.82 Å². The highest BCUT2D eigenvalue weighted by atomic mass is 16.1. The molecule has 1 N–H and O–H groups in total. The minimum absolute atomic E-state index is 0.161. The Kier molecular flexibility index (Phi) is 3.36. The van der Waals surface area contributed by atoms with E-state index < -0.39 is 0 Å². The average Bonchev–Trinajstić information content (AvgIpc) is 2.46. The minimum Gasteiger partial charge on any atom is -0.306 e. The molecule has 0 bridgehead atoms. The Morgan fingerprint density at radius 1 is 0.857 bits per heavy atom. The van der Waals surface area contributed by atoms with Crippen LogP contribution in [-0.2, 0) is 0 Å². The Balaban J connectivity index is 2.16. The lowest BCUT2D eigenvalue weighted by Crippen LogP contribution is -2.09. The van der Waals surface area contributed by atoms with Crippen molar-refractivity contribution in [2.45, 2.75) is 13.8 Å². The van der Waals surface area contributed by atoms with Gasteiger partial charge in [0.05, 0.1) is 5.69 Å². The maximum Gasteiger partial charge on any atom is 0.251 e. The summed E-state index contributed by atoms with van der Waals surface area (Å²) in [6.45, 7) is 3.85. The van der Waals surface area contributed by atoms with E-state index in [0.29, 0.717) is 11.5 Å². The van der Waals surface area contributed by atoms with E-state index in [1.54, 1.807) is 0 Å². The summed E-state index contributed by atoms with van der Waals surface area (Å²) in [4.78, 5) is 23.6. The van der Waals surface area contributed by atoms with Crippen LogP contribution in [0, 0.1) is 13.8 Å². The molecular formula is C17H15N3O. The molecule has 0 saturated heterocycles. The molecule has 0 aliphatic carbocycles. The fourth-order valence-corrected chi connectivity index (χ4v) is 2.32. The molecule has 3 aromatic rings. The Morgan fingerprint density at radius 3 is 2.19 bits per heavy atom. The van der Waals surface area contributed by atoms with Gasteiger partial charge < -0.3 is 4.98 Å². The number of nitrogens with zero attached hydrogens (tertiary/aromatic N) is 2. The zero-order chi connectivity index (χ0) is 14.8. The second-order valence-electron chi connectivity index (χ2n) is 4.98. The van der Waals surface area contributed by atoms with Crippen LogP contribution in [0.3, 0.4) is 0 Å². The van der Waals surface area contributed by atoms with E-state index in [9.17, 15) is 4.79 Å². The van der Waals surface area contributed by atoms with Gasteiger partial charge in [-0.3, -0.25) is 9.78 Å². The Bertz CT molecular complexity index is 818. The van der Waals surface area contributed by atoms with E-state index in [-0.39, 0.29) is 5.56 Å². The molecule has 4 nitrogen and oxygen atoms in total. The molecule has 0 fully saturated rings. The summed E-state index contributed by atoms with van der Waals surface area (Å²) >= 11 is 0. The molecule has 0 spiro atoms. The highest BCUT2D eigenvalue weighted by Gasteiger charge is 2.07. The van der Waals surface area contributed by atoms with Crippen molar-refractivity contribution in [3.63, 3.8) is 0 Å². The number of nitrogens with one attached hydrogen (secondary N) is 1. The summed E-state index contributed by atoms with van der Waals surface area (Å²) < 4.78 is 0. The van der Waals surface area contributed by atoms with Crippen molar-refractivity contribution in [3.8, 4) is 22.6 Å². The molecule has 0 amide bonds. The van der Waals surface area contributed by atoms with Crippen LogP contribution in [0.2, 0.25) is 0 Å². The van der Waals surface area contributed by atoms with E-state index in [4.69, 9.17) is 0 Å². The highest BCUT2D eigenvalue weighted by molar-refractivity contribution is 5.63. The second kappa shape index (κ2) is 5.32. The molecule has 0 saturated carbocycles. The predicted molar refractivity (Wildman–Crippen MR) is 83.0 cm³/mol. The van der Waals surface area contributed by atoms with Gasteiger partial charge in [-0.25, -0.2) is 4.98 Å². The van der Waals surface area contributed by atoms with Crippen molar-refractivity contribution in [2.24, 2.45) is 0 Å². The van der Waals surface area contributed by atoms with Crippen molar-refractivity contribution in [2.75, 3.05) is 0 Å². The molecule has 4 heteroatoms. The summed E-state index contributed by atoms with van der Waals surface area (Å²) in [6.07, 6.45) is 0. The molecule has 0 unspecified atom stereocenters. The fourth-order valence-electron chi connectivity index (χ4n) is 2.32. The molecule has 21 heavy (non-hydrogen) atoms. The lowest BCUT2D eigenvalue weighted by atomic mass is 10.1. The monoisotopic (exact) mass is 277 g/mol. The summed E-state index contributed by atoms with van der Waals surface area (Å²) in [6, 6.07) is 15.0. The maximum atomic E-state index is 11.9. The molecule has 0 aliphatic heterocycles. The number of benzene rings is 1. The number of hydrogen-bond acceptors (Lipinski definition) is 3. The SMILES string of the molecule is Cc1cc(-c2nc(-c3ccccc3)cc(=O)[nH]2)cc(C)n1. The highest BCUT2D eigenvalue weighted by Crippen LogP contribution is 2.20. The molecule has 2 heterocycles. The number of rotatable bonds is 2. The first kappa shape index (κ1) is 13.2. The van der Waals surface area contributed by atoms with Gasteiger partial charge in [0.15, 0.2) is 0 Å². The molecule has 0 aliphatic rings. The van der Waals surface area contributed by atoms with E-state index in [2.05, 4.69) is 15.0 Å². The van der Waals surface area contributed by atoms with Gasteiger partial charge in [-0.1, -0.05) is 30.3 Å². The number of H-pyrrole nitrogens is 1. The van der Waals surface area contributed by atoms with Crippen LogP contribution in [0.4, 0.5) is 0 Å². The third-order valence-electron chi connectivity index (χ3n) is 3.17. The first-order valence-electron chi connectivity index (χ1n) is 6.74. The van der Waals surface area contributed by atoms with Crippen LogP contribution in [0.25, 0.3) is 22.6 Å². The quantitative estimate of drug-likeness (QED) is 0.783. The average molecular weight is 277 g/mol. The van der Waals surface area contributed by atoms with Gasteiger partial charge >= 0.3 is 0 Å². The van der Waals surface area contributed by atoms with Gasteiger partial charge in [-0.15, -0.1) is 0 Å². The van der Waals surface area contributed by atoms with Gasteiger partial charge in [0.2, 0.25) is 0 Å². The number of pyridine rings is 1. The number of aromatic amines is 1. The van der Waals surface area contributed by atoms with Crippen molar-refractivity contribution < 1.29 is 0 Å². The lowest BCUT2D eigenvalue weighted by Gasteiger charge is -2.06. The zero-order valence-corrected chi connectivity index (χ0v) is 11.9. The molecule has 104 valence electrons. The fraction of sp³-hybridized carbons (Fsp3) is 0.118. The first-order chi connectivity index (χ1) is 10.1. The predicted octanol–water partition coefficient (Wildman–Crippen LogP) is 3.12. The third-order valence-corrected chi connectivity index (χ3v) is 3.17. The Labute approximate surface area is 122 Å². The minimum atomic E-state index is -0.161. The van der Waals surface area contributed by atoms with E-state index >= 15 is 0 Å². The van der Waals surface area contributed by atoms with Crippen LogP contribution < -0.4 is 5.56 Å². The Hall–Kier alpha value is -2.75. The first-order valence-corrected chi connectivity index (χ1v) is 6.74. The lowest BCUT2D eigenvalue weighted by molar-refractivity contribution is 1.09. The number of hydrogen-bond donors (Lipinski definition) is 1. The number of aromatic nitrogens is 3. The van der Waals surface area contributed by atoms with Crippen molar-refractivity contribution >= 4 is 0 Å². The van der Waals surface area contributed by atoms with Crippen LogP contribution in [0.15, 0.2) is 53.3 Å². The number of aryl methyl sites for hydroxylation is 2. The molecule has 0 atom stereocenters. The van der Waals surface area contributed by atoms with Crippen LogP contribution in [-0.4, -0.2) is 15.0 Å². The summed E-state index contributed by atoms with van der Waals surface area (Å²) in [5.41, 5.74) is 4.10. The standard InChI is InChI=1S/C17H15N3O/c1-11-8-14(9-12(2)18-11)17-19-15(10-16(21)20-17)13-6-4-3-5-7-13/h3-10H,1-2H3,(H,19,20,21). The smallest absolute Gasteiger partial charge is 0.251 e. The normalized spacial score (nSPS) is 10.6. The molecule has 3 rings (SSSR count). The van der Waals surface area contributed by atoms with Gasteiger partial charge in [0, 0.05) is 28.6 Å². The maximum absolute atomic E-state index is 11.9. The van der Waals surface area contributed by atoms with Crippen molar-refractivity contribution in [3.05, 3.63) is 70.3 Å². The summed E-state index contributed by atoms with van der Waals surface area (Å²) in [7, 11) is 0. The Morgan fingerprint density at radius 2 is 1.52 bits per heavy atom. The van der Waals surface area contributed by atoms with Gasteiger partial charge in [-0.2, -0.15) is 0 Å². The summed E-state index contributed by atoms with van der Waals surface area (Å²) in [5, 5.41) is 0. The van der Waals surface area contributed by atoms with Crippen molar-refractivity contribution in [1.29, 1.82) is 0 Å². The molecule has 0 radical (unpaired) electrons. The third kappa shape index (κ3) is 2.89. The van der Waals surface area contributed by atoms with Gasteiger partial charge in [-0.05, 0) is 26.0 Å². The van der Waals surface area contributed by atoms with Crippen molar-refractivity contribution in [1.82, 2.24) is 15.0 Å². The van der Waals surface area contributed by atoms with Gasteiger partial charge in [0.25, 0.3) is 5.56 Å². The van der Waals surface area contributed by atoms with E-state index in [0.717, 1.165) is 22.5 Å². The second-order valence-corrected chi connectivity index (χ2v) is 4.98. The van der Waals surface area contributed by atoms with Crippen LogP contribution in [0.5, 0.6) is 0 Å². The zero-order valence-electron chi connectivity index (χ0n) is 11.9. The summed E-state index contributed by atoms with van der Waals surface area (Å²) in [5.74, 6) is 0.565. The van der Waals surface area contributed by atoms with Crippen LogP contribution in [0.1, 0.15) is 11.4 Å². The van der Waals surface area contributed by atoms with Crippen LogP contribution >= 0.6 is 0 Å². The molecular weight excluding hydrogens is 262 g/mol. The topological polar surface area (TPSA) is 58.6 Å².